The molecular formula is C12H16BrNO3. The number of halogens is 1. The normalized spacial score (nSPS) is 11.9. The Morgan fingerprint density at radius 1 is 1.47 bits per heavy atom. The molecule has 0 aliphatic carbocycles. The average Bonchev–Trinajstić information content (AvgIpc) is 2.29. The maximum Gasteiger partial charge on any atom is 0.223 e. The van der Waals surface area contributed by atoms with Gasteiger partial charge in [-0.15, -0.1) is 0 Å². The van der Waals surface area contributed by atoms with Gasteiger partial charge in [-0.25, -0.2) is 0 Å². The Kier molecular flexibility index (Phi) is 6.00. The number of benzene rings is 1. The smallest absolute Gasteiger partial charge is 0.223 e. The summed E-state index contributed by atoms with van der Waals surface area (Å²) < 4.78 is 6.38. The Labute approximate surface area is 109 Å². The molecule has 0 aliphatic heterocycles. The lowest BCUT2D eigenvalue weighted by molar-refractivity contribution is -0.122. The number of hydrogen-bond acceptors (Lipinski definition) is 3. The third-order valence-corrected chi connectivity index (χ3v) is 2.53. The van der Waals surface area contributed by atoms with E-state index < -0.39 is 6.10 Å². The summed E-state index contributed by atoms with van der Waals surface area (Å²) in [5, 5.41) is 11.6. The minimum absolute atomic E-state index is 0.122. The molecule has 1 unspecified atom stereocenters. The van der Waals surface area contributed by atoms with E-state index in [9.17, 15) is 4.79 Å². The van der Waals surface area contributed by atoms with Gasteiger partial charge in [0.15, 0.2) is 0 Å². The van der Waals surface area contributed by atoms with Crippen LogP contribution in [-0.2, 0) is 4.79 Å². The Morgan fingerprint density at radius 2 is 2.12 bits per heavy atom. The van der Waals surface area contributed by atoms with Crippen molar-refractivity contribution >= 4 is 21.8 Å². The molecule has 0 heterocycles. The summed E-state index contributed by atoms with van der Waals surface area (Å²) in [6.45, 7) is 2.23. The number of ether oxygens (including phenoxy) is 1. The van der Waals surface area contributed by atoms with Crippen LogP contribution in [0.15, 0.2) is 28.7 Å². The van der Waals surface area contributed by atoms with Gasteiger partial charge in [0.25, 0.3) is 0 Å². The molecule has 1 aromatic carbocycles. The van der Waals surface area contributed by atoms with Crippen molar-refractivity contribution in [2.45, 2.75) is 19.4 Å². The van der Waals surface area contributed by atoms with Crippen LogP contribution < -0.4 is 10.1 Å². The van der Waals surface area contributed by atoms with E-state index in [1.54, 1.807) is 6.92 Å². The van der Waals surface area contributed by atoms with Gasteiger partial charge in [-0.3, -0.25) is 4.79 Å². The maximum absolute atomic E-state index is 11.3. The van der Waals surface area contributed by atoms with Crippen LogP contribution >= 0.6 is 15.9 Å². The lowest BCUT2D eigenvalue weighted by atomic mass is 10.3. The highest BCUT2D eigenvalue weighted by molar-refractivity contribution is 9.10. The molecule has 0 saturated carbocycles. The van der Waals surface area contributed by atoms with Crippen LogP contribution in [0.2, 0.25) is 0 Å². The fourth-order valence-corrected chi connectivity index (χ4v) is 1.41. The van der Waals surface area contributed by atoms with E-state index in [0.717, 1.165) is 10.2 Å². The first kappa shape index (κ1) is 14.0. The number of hydrogen-bond donors (Lipinski definition) is 2. The van der Waals surface area contributed by atoms with Crippen LogP contribution in [-0.4, -0.2) is 30.3 Å². The highest BCUT2D eigenvalue weighted by Crippen LogP contribution is 2.15. The third kappa shape index (κ3) is 6.28. The summed E-state index contributed by atoms with van der Waals surface area (Å²) in [5.74, 6) is 0.611. The molecule has 17 heavy (non-hydrogen) atoms. The van der Waals surface area contributed by atoms with Crippen LogP contribution in [0.25, 0.3) is 0 Å². The number of amides is 1. The van der Waals surface area contributed by atoms with Gasteiger partial charge in [0.05, 0.1) is 19.1 Å². The highest BCUT2D eigenvalue weighted by Gasteiger charge is 2.03. The van der Waals surface area contributed by atoms with Gasteiger partial charge in [0.2, 0.25) is 5.91 Å². The number of aliphatic hydroxyl groups is 1. The lowest BCUT2D eigenvalue weighted by Crippen LogP contribution is -2.31. The summed E-state index contributed by atoms with van der Waals surface area (Å²) in [6, 6.07) is 7.42. The number of rotatable bonds is 6. The molecule has 0 bridgehead atoms. The maximum atomic E-state index is 11.3. The molecule has 0 fully saturated rings. The summed E-state index contributed by atoms with van der Waals surface area (Å²) in [7, 11) is 0. The number of aliphatic hydroxyl groups excluding tert-OH is 1. The molecule has 1 rings (SSSR count). The topological polar surface area (TPSA) is 58.6 Å². The predicted molar refractivity (Wildman–Crippen MR) is 68.9 cm³/mol. The molecule has 5 heteroatoms. The Morgan fingerprint density at radius 3 is 2.71 bits per heavy atom. The Hall–Kier alpha value is -1.07. The van der Waals surface area contributed by atoms with Crippen molar-refractivity contribution in [1.82, 2.24) is 5.32 Å². The molecule has 4 nitrogen and oxygen atoms in total. The van der Waals surface area contributed by atoms with Crippen LogP contribution in [0.4, 0.5) is 0 Å². The summed E-state index contributed by atoms with van der Waals surface area (Å²) in [4.78, 5) is 11.3. The van der Waals surface area contributed by atoms with Gasteiger partial charge in [-0.2, -0.15) is 0 Å². The summed E-state index contributed by atoms with van der Waals surface area (Å²) in [5.41, 5.74) is 0. The number of nitrogens with one attached hydrogen (secondary N) is 1. The van der Waals surface area contributed by atoms with E-state index in [4.69, 9.17) is 9.84 Å². The minimum atomic E-state index is -0.522. The van der Waals surface area contributed by atoms with E-state index in [-0.39, 0.29) is 18.9 Å². The van der Waals surface area contributed by atoms with Crippen LogP contribution in [0, 0.1) is 0 Å². The summed E-state index contributed by atoms with van der Waals surface area (Å²) >= 11 is 3.33. The Balaban J connectivity index is 2.19. The van der Waals surface area contributed by atoms with Crippen molar-refractivity contribution in [2.24, 2.45) is 0 Å². The van der Waals surface area contributed by atoms with Crippen molar-refractivity contribution in [3.63, 3.8) is 0 Å². The summed E-state index contributed by atoms with van der Waals surface area (Å²) in [6.07, 6.45) is -0.241. The molecule has 1 aromatic rings. The van der Waals surface area contributed by atoms with Gasteiger partial charge < -0.3 is 15.2 Å². The molecule has 1 amide bonds. The zero-order chi connectivity index (χ0) is 12.7. The van der Waals surface area contributed by atoms with Crippen molar-refractivity contribution in [2.75, 3.05) is 13.2 Å². The van der Waals surface area contributed by atoms with Crippen molar-refractivity contribution in [3.05, 3.63) is 28.7 Å². The first-order valence-electron chi connectivity index (χ1n) is 5.41. The van der Waals surface area contributed by atoms with Gasteiger partial charge in [0.1, 0.15) is 5.75 Å². The second-order valence-electron chi connectivity index (χ2n) is 3.71. The van der Waals surface area contributed by atoms with Gasteiger partial charge in [-0.1, -0.05) is 15.9 Å². The van der Waals surface area contributed by atoms with Crippen molar-refractivity contribution < 1.29 is 14.6 Å². The average molecular weight is 302 g/mol. The largest absolute Gasteiger partial charge is 0.493 e. The Bertz CT molecular complexity index is 351. The third-order valence-electron chi connectivity index (χ3n) is 2.01. The molecule has 0 radical (unpaired) electrons. The van der Waals surface area contributed by atoms with Gasteiger partial charge in [-0.05, 0) is 31.2 Å². The standard InChI is InChI=1S/C12H16BrNO3/c1-9(15)8-14-12(16)6-7-17-11-4-2-10(13)3-5-11/h2-5,9,15H,6-8H2,1H3,(H,14,16). The fraction of sp³-hybridized carbons (Fsp3) is 0.417. The van der Waals surface area contributed by atoms with Gasteiger partial charge >= 0.3 is 0 Å². The van der Waals surface area contributed by atoms with E-state index in [0.29, 0.717) is 6.61 Å². The SMILES string of the molecule is CC(O)CNC(=O)CCOc1ccc(Br)cc1. The molecule has 94 valence electrons. The second-order valence-corrected chi connectivity index (χ2v) is 4.62. The van der Waals surface area contributed by atoms with Crippen molar-refractivity contribution in [3.8, 4) is 5.75 Å². The molecule has 2 N–H and O–H groups in total. The molecule has 1 atom stereocenters. The number of carbonyl (C=O) groups is 1. The van der Waals surface area contributed by atoms with Gasteiger partial charge in [0, 0.05) is 11.0 Å². The molecule has 0 aromatic heterocycles. The monoisotopic (exact) mass is 301 g/mol. The highest BCUT2D eigenvalue weighted by atomic mass is 79.9. The minimum Gasteiger partial charge on any atom is -0.493 e. The zero-order valence-electron chi connectivity index (χ0n) is 9.65. The van der Waals surface area contributed by atoms with E-state index in [1.165, 1.54) is 0 Å². The van der Waals surface area contributed by atoms with Crippen LogP contribution in [0.1, 0.15) is 13.3 Å². The predicted octanol–water partition coefficient (Wildman–Crippen LogP) is 1.71. The molecule has 0 aliphatic rings. The lowest BCUT2D eigenvalue weighted by Gasteiger charge is -2.08. The fourth-order valence-electron chi connectivity index (χ4n) is 1.14. The van der Waals surface area contributed by atoms with Crippen LogP contribution in [0.3, 0.4) is 0 Å². The second kappa shape index (κ2) is 7.29. The molecular weight excluding hydrogens is 286 g/mol. The van der Waals surface area contributed by atoms with Crippen molar-refractivity contribution in [1.29, 1.82) is 0 Å². The zero-order valence-corrected chi connectivity index (χ0v) is 11.2. The first-order valence-corrected chi connectivity index (χ1v) is 6.20. The molecule has 0 saturated heterocycles. The molecule has 0 spiro atoms. The van der Waals surface area contributed by atoms with E-state index >= 15 is 0 Å². The first-order chi connectivity index (χ1) is 8.08. The number of carbonyl (C=O) groups excluding carboxylic acids is 1. The van der Waals surface area contributed by atoms with Crippen LogP contribution in [0.5, 0.6) is 5.75 Å². The van der Waals surface area contributed by atoms with E-state index in [2.05, 4.69) is 21.2 Å². The van der Waals surface area contributed by atoms with E-state index in [1.807, 2.05) is 24.3 Å². The quantitative estimate of drug-likeness (QED) is 0.841.